The maximum atomic E-state index is 12.5. The van der Waals surface area contributed by atoms with E-state index in [1.807, 2.05) is 26.8 Å². The van der Waals surface area contributed by atoms with Gasteiger partial charge < -0.3 is 25.0 Å². The van der Waals surface area contributed by atoms with Crippen LogP contribution >= 0.6 is 0 Å². The molecule has 0 aromatic heterocycles. The Morgan fingerprint density at radius 3 is 2.10 bits per heavy atom. The van der Waals surface area contributed by atoms with Crippen LogP contribution in [0.5, 0.6) is 0 Å². The minimum atomic E-state index is -0.840. The van der Waals surface area contributed by atoms with Crippen LogP contribution in [0.25, 0.3) is 0 Å². The topological polar surface area (TPSA) is 123 Å². The van der Waals surface area contributed by atoms with E-state index in [0.29, 0.717) is 51.9 Å². The van der Waals surface area contributed by atoms with Crippen molar-refractivity contribution < 1.29 is 24.2 Å². The number of amides is 2. The molecule has 2 heterocycles. The fourth-order valence-electron chi connectivity index (χ4n) is 3.40. The van der Waals surface area contributed by atoms with Gasteiger partial charge in [-0.1, -0.05) is 0 Å². The Morgan fingerprint density at radius 1 is 1.07 bits per heavy atom. The standard InChI is InChI=1S/C20H30N4O5/c1-20(2,3)29-19(28)24-10-6-16(7-11-24)22-13-15(12-21)17(25)23-8-4-14(5-9-23)18(26)27/h13-14,16,22H,4-11H2,1-3H3,(H,26,27)/b15-13-. The molecule has 2 aliphatic rings. The van der Waals surface area contributed by atoms with Crippen LogP contribution in [0.4, 0.5) is 4.79 Å². The van der Waals surface area contributed by atoms with Crippen molar-refractivity contribution in [3.8, 4) is 6.07 Å². The van der Waals surface area contributed by atoms with Crippen molar-refractivity contribution in [1.29, 1.82) is 5.26 Å². The van der Waals surface area contributed by atoms with Gasteiger partial charge in [0.25, 0.3) is 5.91 Å². The molecule has 0 aromatic carbocycles. The minimum Gasteiger partial charge on any atom is -0.481 e. The van der Waals surface area contributed by atoms with Crippen LogP contribution in [0.3, 0.4) is 0 Å². The lowest BCUT2D eigenvalue weighted by atomic mass is 9.97. The number of carbonyl (C=O) groups is 3. The number of hydrogen-bond donors (Lipinski definition) is 2. The first-order chi connectivity index (χ1) is 13.6. The van der Waals surface area contributed by atoms with Gasteiger partial charge in [-0.05, 0) is 46.5 Å². The van der Waals surface area contributed by atoms with Crippen molar-refractivity contribution in [2.75, 3.05) is 26.2 Å². The Labute approximate surface area is 171 Å². The van der Waals surface area contributed by atoms with Gasteiger partial charge in [0.15, 0.2) is 0 Å². The first kappa shape index (κ1) is 22.5. The molecular weight excluding hydrogens is 376 g/mol. The smallest absolute Gasteiger partial charge is 0.410 e. The van der Waals surface area contributed by atoms with Crippen LogP contribution in [-0.4, -0.2) is 70.7 Å². The summed E-state index contributed by atoms with van der Waals surface area (Å²) in [5.41, 5.74) is -0.524. The Kier molecular flexibility index (Phi) is 7.48. The molecule has 160 valence electrons. The number of nitrogens with one attached hydrogen (secondary N) is 1. The van der Waals surface area contributed by atoms with Crippen LogP contribution in [0.2, 0.25) is 0 Å². The van der Waals surface area contributed by atoms with E-state index in [1.54, 1.807) is 4.90 Å². The van der Waals surface area contributed by atoms with Crippen LogP contribution in [-0.2, 0) is 14.3 Å². The maximum Gasteiger partial charge on any atom is 0.410 e. The van der Waals surface area contributed by atoms with Crippen molar-refractivity contribution in [2.45, 2.75) is 58.1 Å². The highest BCUT2D eigenvalue weighted by molar-refractivity contribution is 5.97. The van der Waals surface area contributed by atoms with Gasteiger partial charge in [-0.25, -0.2) is 4.79 Å². The van der Waals surface area contributed by atoms with Crippen LogP contribution in [0.15, 0.2) is 11.8 Å². The summed E-state index contributed by atoms with van der Waals surface area (Å²) >= 11 is 0. The predicted molar refractivity (Wildman–Crippen MR) is 105 cm³/mol. The lowest BCUT2D eigenvalue weighted by Gasteiger charge is -2.33. The normalized spacial score (nSPS) is 19.4. The molecule has 0 aromatic rings. The average molecular weight is 406 g/mol. The lowest BCUT2D eigenvalue weighted by molar-refractivity contribution is -0.145. The molecule has 29 heavy (non-hydrogen) atoms. The number of aliphatic carboxylic acids is 1. The number of likely N-dealkylation sites (tertiary alicyclic amines) is 2. The summed E-state index contributed by atoms with van der Waals surface area (Å²) in [6.45, 7) is 7.24. The van der Waals surface area contributed by atoms with Crippen molar-refractivity contribution >= 4 is 18.0 Å². The van der Waals surface area contributed by atoms with E-state index in [4.69, 9.17) is 9.84 Å². The van der Waals surface area contributed by atoms with Gasteiger partial charge in [-0.15, -0.1) is 0 Å². The third-order valence-corrected chi connectivity index (χ3v) is 5.09. The summed E-state index contributed by atoms with van der Waals surface area (Å²) in [6, 6.07) is 1.99. The highest BCUT2D eigenvalue weighted by atomic mass is 16.6. The molecule has 2 saturated heterocycles. The van der Waals surface area contributed by atoms with Gasteiger partial charge in [0.05, 0.1) is 5.92 Å². The third kappa shape index (κ3) is 6.66. The van der Waals surface area contributed by atoms with Gasteiger partial charge in [-0.3, -0.25) is 9.59 Å². The first-order valence-corrected chi connectivity index (χ1v) is 9.97. The molecule has 0 aliphatic carbocycles. The molecule has 9 nitrogen and oxygen atoms in total. The quantitative estimate of drug-likeness (QED) is 0.538. The minimum absolute atomic E-state index is 0.00773. The Balaban J connectivity index is 1.83. The van der Waals surface area contributed by atoms with E-state index >= 15 is 0 Å². The molecule has 9 heteroatoms. The van der Waals surface area contributed by atoms with Crippen molar-refractivity contribution in [3.63, 3.8) is 0 Å². The number of carbonyl (C=O) groups excluding carboxylic acids is 2. The Hall–Kier alpha value is -2.76. The maximum absolute atomic E-state index is 12.5. The number of carboxylic acid groups (broad SMARTS) is 1. The number of hydrogen-bond acceptors (Lipinski definition) is 6. The van der Waals surface area contributed by atoms with Crippen LogP contribution in [0.1, 0.15) is 46.5 Å². The van der Waals surface area contributed by atoms with Gasteiger partial charge in [0, 0.05) is 38.4 Å². The fraction of sp³-hybridized carbons (Fsp3) is 0.700. The molecule has 2 fully saturated rings. The van der Waals surface area contributed by atoms with E-state index in [-0.39, 0.29) is 23.6 Å². The predicted octanol–water partition coefficient (Wildman–Crippen LogP) is 1.71. The van der Waals surface area contributed by atoms with Gasteiger partial charge in [0.2, 0.25) is 0 Å². The number of piperidine rings is 2. The molecule has 2 N–H and O–H groups in total. The molecule has 0 unspecified atom stereocenters. The largest absolute Gasteiger partial charge is 0.481 e. The van der Waals surface area contributed by atoms with Crippen molar-refractivity contribution in [3.05, 3.63) is 11.8 Å². The second kappa shape index (κ2) is 9.63. The number of carboxylic acids is 1. The number of nitriles is 1. The molecule has 0 spiro atoms. The van der Waals surface area contributed by atoms with Gasteiger partial charge in [-0.2, -0.15) is 5.26 Å². The number of nitrogens with zero attached hydrogens (tertiary/aromatic N) is 3. The molecule has 0 bridgehead atoms. The van der Waals surface area contributed by atoms with Gasteiger partial charge in [0.1, 0.15) is 17.2 Å². The molecule has 0 saturated carbocycles. The van der Waals surface area contributed by atoms with Gasteiger partial charge >= 0.3 is 12.1 Å². The second-order valence-corrected chi connectivity index (χ2v) is 8.48. The fourth-order valence-corrected chi connectivity index (χ4v) is 3.40. The summed E-state index contributed by atoms with van der Waals surface area (Å²) in [4.78, 5) is 38.8. The number of rotatable bonds is 4. The molecule has 2 rings (SSSR count). The average Bonchev–Trinajstić information content (AvgIpc) is 2.67. The Morgan fingerprint density at radius 2 is 1.62 bits per heavy atom. The Bertz CT molecular complexity index is 691. The van der Waals surface area contributed by atoms with E-state index in [9.17, 15) is 19.6 Å². The zero-order valence-corrected chi connectivity index (χ0v) is 17.3. The van der Waals surface area contributed by atoms with Crippen molar-refractivity contribution in [1.82, 2.24) is 15.1 Å². The SMILES string of the molecule is CC(C)(C)OC(=O)N1CCC(N/C=C(/C#N)C(=O)N2CCC(C(=O)O)CC2)CC1. The lowest BCUT2D eigenvalue weighted by Crippen LogP contribution is -2.46. The van der Waals surface area contributed by atoms with Crippen molar-refractivity contribution in [2.24, 2.45) is 5.92 Å². The third-order valence-electron chi connectivity index (χ3n) is 5.09. The summed E-state index contributed by atoms with van der Waals surface area (Å²) in [7, 11) is 0. The highest BCUT2D eigenvalue weighted by Crippen LogP contribution is 2.19. The molecule has 0 radical (unpaired) electrons. The summed E-state index contributed by atoms with van der Waals surface area (Å²) in [5.74, 6) is -1.65. The highest BCUT2D eigenvalue weighted by Gasteiger charge is 2.29. The monoisotopic (exact) mass is 406 g/mol. The van der Waals surface area contributed by atoms with Crippen LogP contribution in [0, 0.1) is 17.2 Å². The molecule has 0 atom stereocenters. The van der Waals surface area contributed by atoms with E-state index in [0.717, 1.165) is 0 Å². The van der Waals surface area contributed by atoms with E-state index in [1.165, 1.54) is 11.1 Å². The molecular formula is C20H30N4O5. The number of ether oxygens (including phenoxy) is 1. The summed E-state index contributed by atoms with van der Waals surface area (Å²) < 4.78 is 5.37. The summed E-state index contributed by atoms with van der Waals surface area (Å²) in [5, 5.41) is 21.5. The van der Waals surface area contributed by atoms with Crippen LogP contribution < -0.4 is 5.32 Å². The summed E-state index contributed by atoms with van der Waals surface area (Å²) in [6.07, 6.45) is 3.29. The second-order valence-electron chi connectivity index (χ2n) is 8.48. The van der Waals surface area contributed by atoms with E-state index < -0.39 is 17.5 Å². The first-order valence-electron chi connectivity index (χ1n) is 9.97. The molecule has 2 aliphatic heterocycles. The van der Waals surface area contributed by atoms with E-state index in [2.05, 4.69) is 5.32 Å². The zero-order valence-electron chi connectivity index (χ0n) is 17.3. The zero-order chi connectivity index (χ0) is 21.6. The molecule has 2 amide bonds.